The fourth-order valence-corrected chi connectivity index (χ4v) is 2.70. The predicted octanol–water partition coefficient (Wildman–Crippen LogP) is 1.72. The standard InChI is InChI=1S/C15H21NO3/c1-12(16-4-6-17-7-5-16)10-13-2-3-14-15(11-13)19-9-8-18-14/h2-3,11-12H,4-10H2,1H3. The van der Waals surface area contributed by atoms with Crippen LogP contribution in [-0.4, -0.2) is 50.5 Å². The molecule has 0 N–H and O–H groups in total. The number of fused-ring (bicyclic) bond motifs is 1. The maximum atomic E-state index is 5.63. The van der Waals surface area contributed by atoms with Gasteiger partial charge in [-0.05, 0) is 31.0 Å². The topological polar surface area (TPSA) is 30.9 Å². The Morgan fingerprint density at radius 3 is 2.58 bits per heavy atom. The van der Waals surface area contributed by atoms with Crippen molar-refractivity contribution in [3.63, 3.8) is 0 Å². The third-order valence-corrected chi connectivity index (χ3v) is 3.81. The van der Waals surface area contributed by atoms with Crippen molar-refractivity contribution in [1.29, 1.82) is 0 Å². The van der Waals surface area contributed by atoms with Crippen LogP contribution in [0.1, 0.15) is 12.5 Å². The van der Waals surface area contributed by atoms with Crippen molar-refractivity contribution in [1.82, 2.24) is 4.90 Å². The van der Waals surface area contributed by atoms with Gasteiger partial charge in [0, 0.05) is 19.1 Å². The number of hydrogen-bond donors (Lipinski definition) is 0. The summed E-state index contributed by atoms with van der Waals surface area (Å²) >= 11 is 0. The first-order chi connectivity index (χ1) is 9.33. The van der Waals surface area contributed by atoms with Crippen molar-refractivity contribution in [2.75, 3.05) is 39.5 Å². The second kappa shape index (κ2) is 5.80. The highest BCUT2D eigenvalue weighted by atomic mass is 16.6. The minimum absolute atomic E-state index is 0.534. The molecule has 0 aromatic heterocycles. The molecule has 3 rings (SSSR count). The largest absolute Gasteiger partial charge is 0.486 e. The van der Waals surface area contributed by atoms with Gasteiger partial charge in [0.2, 0.25) is 0 Å². The number of ether oxygens (including phenoxy) is 3. The van der Waals surface area contributed by atoms with Crippen LogP contribution in [0.4, 0.5) is 0 Å². The summed E-state index contributed by atoms with van der Waals surface area (Å²) < 4.78 is 16.6. The molecule has 1 fully saturated rings. The lowest BCUT2D eigenvalue weighted by Crippen LogP contribution is -2.43. The van der Waals surface area contributed by atoms with Gasteiger partial charge in [-0.1, -0.05) is 6.07 Å². The second-order valence-corrected chi connectivity index (χ2v) is 5.18. The molecule has 2 heterocycles. The molecular formula is C15H21NO3. The number of morpholine rings is 1. The summed E-state index contributed by atoms with van der Waals surface area (Å²) in [5, 5.41) is 0. The van der Waals surface area contributed by atoms with Crippen molar-refractivity contribution in [2.45, 2.75) is 19.4 Å². The molecule has 4 nitrogen and oxygen atoms in total. The molecule has 19 heavy (non-hydrogen) atoms. The van der Waals surface area contributed by atoms with Crippen molar-refractivity contribution >= 4 is 0 Å². The highest BCUT2D eigenvalue weighted by molar-refractivity contribution is 5.44. The maximum absolute atomic E-state index is 5.63. The van der Waals surface area contributed by atoms with Crippen LogP contribution in [-0.2, 0) is 11.2 Å². The van der Waals surface area contributed by atoms with Crippen LogP contribution < -0.4 is 9.47 Å². The van der Waals surface area contributed by atoms with E-state index in [4.69, 9.17) is 14.2 Å². The first kappa shape index (κ1) is 12.8. The van der Waals surface area contributed by atoms with E-state index in [1.165, 1.54) is 5.56 Å². The molecule has 104 valence electrons. The molecule has 1 unspecified atom stereocenters. The first-order valence-electron chi connectivity index (χ1n) is 7.03. The van der Waals surface area contributed by atoms with Crippen molar-refractivity contribution in [3.8, 4) is 11.5 Å². The fourth-order valence-electron chi connectivity index (χ4n) is 2.70. The zero-order valence-electron chi connectivity index (χ0n) is 11.4. The average molecular weight is 263 g/mol. The zero-order chi connectivity index (χ0) is 13.1. The number of hydrogen-bond acceptors (Lipinski definition) is 4. The van der Waals surface area contributed by atoms with Crippen LogP contribution in [0.2, 0.25) is 0 Å². The van der Waals surface area contributed by atoms with Crippen LogP contribution in [0.5, 0.6) is 11.5 Å². The molecule has 0 amide bonds. The summed E-state index contributed by atoms with van der Waals surface area (Å²) in [5.74, 6) is 1.76. The smallest absolute Gasteiger partial charge is 0.161 e. The quantitative estimate of drug-likeness (QED) is 0.831. The van der Waals surface area contributed by atoms with Gasteiger partial charge in [0.15, 0.2) is 11.5 Å². The molecule has 0 spiro atoms. The molecule has 0 aliphatic carbocycles. The fraction of sp³-hybridized carbons (Fsp3) is 0.600. The molecule has 1 aromatic rings. The Balaban J connectivity index is 1.65. The van der Waals surface area contributed by atoms with E-state index in [9.17, 15) is 0 Å². The number of nitrogens with zero attached hydrogens (tertiary/aromatic N) is 1. The molecule has 4 heteroatoms. The lowest BCUT2D eigenvalue weighted by Gasteiger charge is -2.32. The lowest BCUT2D eigenvalue weighted by atomic mass is 10.0. The summed E-state index contributed by atoms with van der Waals surface area (Å²) in [4.78, 5) is 2.49. The van der Waals surface area contributed by atoms with E-state index in [0.29, 0.717) is 19.3 Å². The molecule has 1 saturated heterocycles. The van der Waals surface area contributed by atoms with Gasteiger partial charge in [0.05, 0.1) is 13.2 Å². The Bertz CT molecular complexity index is 429. The summed E-state index contributed by atoms with van der Waals surface area (Å²) in [6.07, 6.45) is 1.04. The summed E-state index contributed by atoms with van der Waals surface area (Å²) in [7, 11) is 0. The van der Waals surface area contributed by atoms with E-state index in [-0.39, 0.29) is 0 Å². The van der Waals surface area contributed by atoms with Crippen molar-refractivity contribution in [3.05, 3.63) is 23.8 Å². The third kappa shape index (κ3) is 3.01. The Hall–Kier alpha value is -1.26. The maximum Gasteiger partial charge on any atom is 0.161 e. The van der Waals surface area contributed by atoms with Gasteiger partial charge < -0.3 is 14.2 Å². The summed E-state index contributed by atoms with van der Waals surface area (Å²) in [6.45, 7) is 7.35. The number of benzene rings is 1. The Kier molecular flexibility index (Phi) is 3.89. The molecule has 0 bridgehead atoms. The van der Waals surface area contributed by atoms with E-state index in [2.05, 4.69) is 24.0 Å². The van der Waals surface area contributed by atoms with E-state index < -0.39 is 0 Å². The van der Waals surface area contributed by atoms with Gasteiger partial charge in [-0.15, -0.1) is 0 Å². The summed E-state index contributed by atoms with van der Waals surface area (Å²) in [5.41, 5.74) is 1.31. The van der Waals surface area contributed by atoms with Crippen LogP contribution >= 0.6 is 0 Å². The van der Waals surface area contributed by atoms with E-state index in [1.807, 2.05) is 6.07 Å². The minimum Gasteiger partial charge on any atom is -0.486 e. The van der Waals surface area contributed by atoms with E-state index in [0.717, 1.165) is 44.2 Å². The molecule has 2 aliphatic heterocycles. The monoisotopic (exact) mass is 263 g/mol. The zero-order valence-corrected chi connectivity index (χ0v) is 11.4. The molecule has 2 aliphatic rings. The SMILES string of the molecule is CC(Cc1ccc2c(c1)OCCO2)N1CCOCC1. The highest BCUT2D eigenvalue weighted by Gasteiger charge is 2.18. The molecular weight excluding hydrogens is 242 g/mol. The van der Waals surface area contributed by atoms with E-state index in [1.54, 1.807) is 0 Å². The minimum atomic E-state index is 0.534. The average Bonchev–Trinajstić information content (AvgIpc) is 2.48. The highest BCUT2D eigenvalue weighted by Crippen LogP contribution is 2.31. The lowest BCUT2D eigenvalue weighted by molar-refractivity contribution is 0.0203. The molecule has 1 atom stereocenters. The summed E-state index contributed by atoms with van der Waals surface area (Å²) in [6, 6.07) is 6.82. The first-order valence-corrected chi connectivity index (χ1v) is 7.03. The Labute approximate surface area is 114 Å². The van der Waals surface area contributed by atoms with Gasteiger partial charge in [-0.3, -0.25) is 4.90 Å². The van der Waals surface area contributed by atoms with Crippen LogP contribution in [0.15, 0.2) is 18.2 Å². The molecule has 0 radical (unpaired) electrons. The van der Waals surface area contributed by atoms with Gasteiger partial charge >= 0.3 is 0 Å². The predicted molar refractivity (Wildman–Crippen MR) is 73.0 cm³/mol. The number of rotatable bonds is 3. The van der Waals surface area contributed by atoms with Gasteiger partial charge in [-0.25, -0.2) is 0 Å². The van der Waals surface area contributed by atoms with Crippen LogP contribution in [0.25, 0.3) is 0 Å². The van der Waals surface area contributed by atoms with Crippen LogP contribution in [0.3, 0.4) is 0 Å². The van der Waals surface area contributed by atoms with Crippen molar-refractivity contribution in [2.24, 2.45) is 0 Å². The van der Waals surface area contributed by atoms with Gasteiger partial charge in [0.1, 0.15) is 13.2 Å². The Morgan fingerprint density at radius 1 is 1.05 bits per heavy atom. The Morgan fingerprint density at radius 2 is 1.79 bits per heavy atom. The van der Waals surface area contributed by atoms with Crippen LogP contribution in [0, 0.1) is 0 Å². The molecule has 0 saturated carbocycles. The van der Waals surface area contributed by atoms with Gasteiger partial charge in [0.25, 0.3) is 0 Å². The van der Waals surface area contributed by atoms with E-state index >= 15 is 0 Å². The van der Waals surface area contributed by atoms with Gasteiger partial charge in [-0.2, -0.15) is 0 Å². The third-order valence-electron chi connectivity index (χ3n) is 3.81. The second-order valence-electron chi connectivity index (χ2n) is 5.18. The molecule has 1 aromatic carbocycles. The normalized spacial score (nSPS) is 21.1. The van der Waals surface area contributed by atoms with Crippen molar-refractivity contribution < 1.29 is 14.2 Å².